The highest BCUT2D eigenvalue weighted by Gasteiger charge is 2.40. The molecule has 8 heteroatoms. The van der Waals surface area contributed by atoms with Crippen LogP contribution in [0.2, 0.25) is 0 Å². The van der Waals surface area contributed by atoms with Gasteiger partial charge in [-0.2, -0.15) is 0 Å². The predicted molar refractivity (Wildman–Crippen MR) is 90.0 cm³/mol. The van der Waals surface area contributed by atoms with Gasteiger partial charge in [0.25, 0.3) is 0 Å². The van der Waals surface area contributed by atoms with Gasteiger partial charge in [0.15, 0.2) is 5.82 Å². The minimum atomic E-state index is -0.483. The van der Waals surface area contributed by atoms with Gasteiger partial charge >= 0.3 is 0 Å². The molecule has 1 aromatic heterocycles. The number of aromatic nitrogens is 2. The third-order valence-corrected chi connectivity index (χ3v) is 5.02. The number of morpholine rings is 1. The van der Waals surface area contributed by atoms with Gasteiger partial charge in [-0.3, -0.25) is 14.6 Å². The van der Waals surface area contributed by atoms with Gasteiger partial charge in [-0.1, -0.05) is 0 Å². The molecule has 2 atom stereocenters. The van der Waals surface area contributed by atoms with Crippen LogP contribution in [-0.4, -0.2) is 77.4 Å². The molecule has 2 saturated heterocycles. The maximum absolute atomic E-state index is 11.7. The number of nitrogens with one attached hydrogen (secondary N) is 1. The molecule has 2 aliphatic heterocycles. The van der Waals surface area contributed by atoms with Gasteiger partial charge in [0, 0.05) is 25.6 Å². The Balaban J connectivity index is 1.64. The normalized spacial score (nSPS) is 28.4. The van der Waals surface area contributed by atoms with E-state index in [9.17, 15) is 9.90 Å². The van der Waals surface area contributed by atoms with Crippen molar-refractivity contribution in [3.63, 3.8) is 0 Å². The first-order chi connectivity index (χ1) is 11.6. The number of ether oxygens (including phenoxy) is 1. The topological polar surface area (TPSA) is 90.8 Å². The van der Waals surface area contributed by atoms with E-state index in [2.05, 4.69) is 27.1 Å². The van der Waals surface area contributed by atoms with Gasteiger partial charge in [0.05, 0.1) is 37.8 Å². The molecule has 0 aromatic carbocycles. The molecule has 3 rings (SSSR count). The first-order valence-electron chi connectivity index (χ1n) is 8.33. The van der Waals surface area contributed by atoms with Crippen molar-refractivity contribution in [3.8, 4) is 0 Å². The van der Waals surface area contributed by atoms with Crippen molar-refractivity contribution < 1.29 is 14.6 Å². The van der Waals surface area contributed by atoms with Crippen LogP contribution in [0.4, 0.5) is 11.6 Å². The van der Waals surface area contributed by atoms with Gasteiger partial charge in [0.2, 0.25) is 5.91 Å². The van der Waals surface area contributed by atoms with Crippen molar-refractivity contribution in [2.75, 3.05) is 50.2 Å². The second-order valence-electron chi connectivity index (χ2n) is 6.62. The van der Waals surface area contributed by atoms with E-state index < -0.39 is 5.54 Å². The summed E-state index contributed by atoms with van der Waals surface area (Å²) in [6.07, 6.45) is 4.68. The van der Waals surface area contributed by atoms with Crippen LogP contribution in [0.25, 0.3) is 0 Å². The quantitative estimate of drug-likeness (QED) is 0.788. The molecule has 3 heterocycles. The summed E-state index contributed by atoms with van der Waals surface area (Å²) in [6, 6.07) is 0.238. The number of aliphatic hydroxyl groups excluding tert-OH is 1. The monoisotopic (exact) mass is 335 g/mol. The first-order valence-corrected chi connectivity index (χ1v) is 8.33. The molecule has 0 spiro atoms. The summed E-state index contributed by atoms with van der Waals surface area (Å²) >= 11 is 0. The Hall–Kier alpha value is -1.77. The number of anilines is 2. The minimum Gasteiger partial charge on any atom is -0.394 e. The molecular weight excluding hydrogens is 310 g/mol. The molecule has 2 N–H and O–H groups in total. The SMILES string of the molecule is C[C@@H]1COC[C@@](CO)(CNc2cnc(N3CCCC3=O)cn2)N1C. The number of hydrogen-bond acceptors (Lipinski definition) is 7. The number of amides is 1. The summed E-state index contributed by atoms with van der Waals surface area (Å²) in [5.41, 5.74) is -0.483. The fourth-order valence-electron chi connectivity index (χ4n) is 3.19. The van der Waals surface area contributed by atoms with E-state index in [0.717, 1.165) is 6.42 Å². The lowest BCUT2D eigenvalue weighted by molar-refractivity contribution is -0.117. The Bertz CT molecular complexity index is 582. The van der Waals surface area contributed by atoms with Gasteiger partial charge in [-0.25, -0.2) is 9.97 Å². The predicted octanol–water partition coefficient (Wildman–Crippen LogP) is 0.0969. The van der Waals surface area contributed by atoms with E-state index in [-0.39, 0.29) is 18.6 Å². The fraction of sp³-hybridized carbons (Fsp3) is 0.688. The molecule has 0 saturated carbocycles. The molecule has 2 aliphatic rings. The van der Waals surface area contributed by atoms with Crippen molar-refractivity contribution >= 4 is 17.5 Å². The van der Waals surface area contributed by atoms with E-state index in [0.29, 0.717) is 44.4 Å². The Morgan fingerprint density at radius 2 is 2.29 bits per heavy atom. The van der Waals surface area contributed by atoms with Crippen LogP contribution in [0.5, 0.6) is 0 Å². The van der Waals surface area contributed by atoms with Crippen LogP contribution >= 0.6 is 0 Å². The highest BCUT2D eigenvalue weighted by Crippen LogP contribution is 2.23. The Morgan fingerprint density at radius 1 is 1.46 bits per heavy atom. The van der Waals surface area contributed by atoms with Crippen molar-refractivity contribution in [1.29, 1.82) is 0 Å². The average Bonchev–Trinajstić information content (AvgIpc) is 3.03. The largest absolute Gasteiger partial charge is 0.394 e. The first kappa shape index (κ1) is 17.1. The second kappa shape index (κ2) is 7.00. The third-order valence-electron chi connectivity index (χ3n) is 5.02. The Labute approximate surface area is 141 Å². The molecule has 1 aromatic rings. The number of nitrogens with zero attached hydrogens (tertiary/aromatic N) is 4. The summed E-state index contributed by atoms with van der Waals surface area (Å²) in [4.78, 5) is 24.2. The number of carbonyl (C=O) groups excluding carboxylic acids is 1. The number of hydrogen-bond donors (Lipinski definition) is 2. The zero-order chi connectivity index (χ0) is 17.2. The molecule has 0 aliphatic carbocycles. The second-order valence-corrected chi connectivity index (χ2v) is 6.62. The molecule has 24 heavy (non-hydrogen) atoms. The lowest BCUT2D eigenvalue weighted by Crippen LogP contribution is -2.64. The van der Waals surface area contributed by atoms with Crippen molar-refractivity contribution in [2.24, 2.45) is 0 Å². The third kappa shape index (κ3) is 3.22. The molecule has 0 bridgehead atoms. The van der Waals surface area contributed by atoms with Crippen LogP contribution in [0.15, 0.2) is 12.4 Å². The van der Waals surface area contributed by atoms with Crippen LogP contribution in [0.1, 0.15) is 19.8 Å². The van der Waals surface area contributed by atoms with Crippen molar-refractivity contribution in [2.45, 2.75) is 31.3 Å². The van der Waals surface area contributed by atoms with E-state index >= 15 is 0 Å². The van der Waals surface area contributed by atoms with E-state index in [4.69, 9.17) is 4.74 Å². The minimum absolute atomic E-state index is 0.00533. The molecule has 0 unspecified atom stereocenters. The van der Waals surface area contributed by atoms with Crippen molar-refractivity contribution in [3.05, 3.63) is 12.4 Å². The van der Waals surface area contributed by atoms with E-state index in [1.807, 2.05) is 7.05 Å². The summed E-state index contributed by atoms with van der Waals surface area (Å²) in [7, 11) is 2.00. The molecule has 132 valence electrons. The molecule has 1 amide bonds. The number of rotatable bonds is 5. The van der Waals surface area contributed by atoms with Crippen molar-refractivity contribution in [1.82, 2.24) is 14.9 Å². The molecular formula is C16H25N5O3. The summed E-state index contributed by atoms with van der Waals surface area (Å²) in [5.74, 6) is 1.30. The van der Waals surface area contributed by atoms with Crippen LogP contribution in [0.3, 0.4) is 0 Å². The number of likely N-dealkylation sites (N-methyl/N-ethyl adjacent to an activating group) is 1. The zero-order valence-corrected chi connectivity index (χ0v) is 14.2. The smallest absolute Gasteiger partial charge is 0.228 e. The summed E-state index contributed by atoms with van der Waals surface area (Å²) < 4.78 is 5.62. The van der Waals surface area contributed by atoms with Gasteiger partial charge < -0.3 is 15.2 Å². The van der Waals surface area contributed by atoms with Crippen LogP contribution in [0, 0.1) is 0 Å². The lowest BCUT2D eigenvalue weighted by Gasteiger charge is -2.47. The number of carbonyl (C=O) groups is 1. The molecule has 8 nitrogen and oxygen atoms in total. The summed E-state index contributed by atoms with van der Waals surface area (Å²) in [6.45, 7) is 4.40. The molecule has 2 fully saturated rings. The fourth-order valence-corrected chi connectivity index (χ4v) is 3.19. The zero-order valence-electron chi connectivity index (χ0n) is 14.2. The van der Waals surface area contributed by atoms with Gasteiger partial charge in [-0.15, -0.1) is 0 Å². The van der Waals surface area contributed by atoms with Gasteiger partial charge in [-0.05, 0) is 20.4 Å². The molecule has 0 radical (unpaired) electrons. The van der Waals surface area contributed by atoms with E-state index in [1.54, 1.807) is 17.3 Å². The average molecular weight is 335 g/mol. The van der Waals surface area contributed by atoms with Crippen LogP contribution in [-0.2, 0) is 9.53 Å². The Morgan fingerprint density at radius 3 is 2.92 bits per heavy atom. The van der Waals surface area contributed by atoms with Gasteiger partial charge in [0.1, 0.15) is 5.82 Å². The Kier molecular flexibility index (Phi) is 4.98. The van der Waals surface area contributed by atoms with E-state index in [1.165, 1.54) is 0 Å². The highest BCUT2D eigenvalue weighted by molar-refractivity contribution is 5.94. The maximum Gasteiger partial charge on any atom is 0.228 e. The highest BCUT2D eigenvalue weighted by atomic mass is 16.5. The standard InChI is InChI=1S/C16H25N5O3/c1-12-8-24-11-16(10-22,20(12)2)9-19-13-6-18-14(7-17-13)21-5-3-4-15(21)23/h6-7,12,22H,3-5,8-11H2,1-2H3,(H,17,19)/t12-,16+/m1/s1. The summed E-state index contributed by atoms with van der Waals surface area (Å²) in [5, 5.41) is 13.1. The maximum atomic E-state index is 11.7. The number of aliphatic hydroxyl groups is 1. The lowest BCUT2D eigenvalue weighted by atomic mass is 9.96. The van der Waals surface area contributed by atoms with Crippen LogP contribution < -0.4 is 10.2 Å².